The van der Waals surface area contributed by atoms with Crippen LogP contribution < -0.4 is 15.5 Å². The number of carbonyl (C=O) groups excluding carboxylic acids is 1. The highest BCUT2D eigenvalue weighted by Crippen LogP contribution is 2.25. The number of aliphatic imine (C=N–C) groups is 1. The largest absolute Gasteiger partial charge is 0.466 e. The fourth-order valence-corrected chi connectivity index (χ4v) is 3.64. The molecule has 2 rings (SSSR count). The van der Waals surface area contributed by atoms with E-state index in [2.05, 4.69) is 26.0 Å². The maximum Gasteiger partial charge on any atom is 0.308 e. The van der Waals surface area contributed by atoms with Gasteiger partial charge in [-0.05, 0) is 32.6 Å². The number of carbonyl (C=O) groups is 1. The van der Waals surface area contributed by atoms with Crippen molar-refractivity contribution in [2.24, 2.45) is 10.9 Å². The smallest absolute Gasteiger partial charge is 0.308 e. The Hall–Kier alpha value is -1.83. The van der Waals surface area contributed by atoms with E-state index in [1.165, 1.54) is 0 Å². The van der Waals surface area contributed by atoms with Gasteiger partial charge in [0.15, 0.2) is 11.1 Å². The van der Waals surface area contributed by atoms with Crippen LogP contribution in [0.25, 0.3) is 0 Å². The number of aromatic nitrogens is 1. The number of ether oxygens (including phenoxy) is 1. The third-order valence-electron chi connectivity index (χ3n) is 4.27. The van der Waals surface area contributed by atoms with E-state index in [0.717, 1.165) is 42.5 Å². The first-order valence-corrected chi connectivity index (χ1v) is 9.67. The van der Waals surface area contributed by atoms with Crippen molar-refractivity contribution < 1.29 is 9.53 Å². The van der Waals surface area contributed by atoms with Gasteiger partial charge < -0.3 is 20.3 Å². The number of anilines is 1. The fourth-order valence-electron chi connectivity index (χ4n) is 2.88. The number of hydrogen-bond donors (Lipinski definition) is 2. The Balaban J connectivity index is 1.76. The molecule has 1 aliphatic rings. The molecule has 25 heavy (non-hydrogen) atoms. The summed E-state index contributed by atoms with van der Waals surface area (Å²) >= 11 is 1.63. The molecule has 0 aromatic carbocycles. The standard InChI is InChI=1S/C17H29N5O2S/c1-5-24-15(23)12-6-8-13(9-7-12)20-16(18-2)19-10-14-11-25-17(21-14)22(3)4/h11-13H,5-10H2,1-4H3,(H2,18,19,20). The summed E-state index contributed by atoms with van der Waals surface area (Å²) < 4.78 is 5.12. The van der Waals surface area contributed by atoms with Crippen molar-refractivity contribution in [3.05, 3.63) is 11.1 Å². The maximum atomic E-state index is 11.8. The minimum atomic E-state index is -0.0521. The van der Waals surface area contributed by atoms with E-state index >= 15 is 0 Å². The first-order chi connectivity index (χ1) is 12.0. The van der Waals surface area contributed by atoms with E-state index in [1.54, 1.807) is 18.4 Å². The summed E-state index contributed by atoms with van der Waals surface area (Å²) in [6, 6.07) is 0.338. The van der Waals surface area contributed by atoms with Crippen LogP contribution in [0, 0.1) is 5.92 Å². The second-order valence-electron chi connectivity index (χ2n) is 6.39. The highest BCUT2D eigenvalue weighted by molar-refractivity contribution is 7.13. The molecule has 0 unspecified atom stereocenters. The van der Waals surface area contributed by atoms with E-state index in [0.29, 0.717) is 19.2 Å². The van der Waals surface area contributed by atoms with Crippen molar-refractivity contribution in [1.29, 1.82) is 0 Å². The fraction of sp³-hybridized carbons (Fsp3) is 0.706. The summed E-state index contributed by atoms with van der Waals surface area (Å²) in [7, 11) is 5.75. The molecule has 7 nitrogen and oxygen atoms in total. The zero-order valence-electron chi connectivity index (χ0n) is 15.5. The number of nitrogens with zero attached hydrogens (tertiary/aromatic N) is 3. The summed E-state index contributed by atoms with van der Waals surface area (Å²) in [6.45, 7) is 2.95. The number of nitrogens with one attached hydrogen (secondary N) is 2. The average molecular weight is 368 g/mol. The highest BCUT2D eigenvalue weighted by Gasteiger charge is 2.27. The van der Waals surface area contributed by atoms with Crippen LogP contribution in [0.3, 0.4) is 0 Å². The Morgan fingerprint density at radius 2 is 2.12 bits per heavy atom. The van der Waals surface area contributed by atoms with E-state index in [-0.39, 0.29) is 11.9 Å². The lowest BCUT2D eigenvalue weighted by molar-refractivity contribution is -0.149. The first-order valence-electron chi connectivity index (χ1n) is 8.79. The van der Waals surface area contributed by atoms with Gasteiger partial charge in [0.25, 0.3) is 0 Å². The molecule has 0 aliphatic heterocycles. The molecule has 8 heteroatoms. The summed E-state index contributed by atoms with van der Waals surface area (Å²) in [5, 5.41) is 9.81. The first kappa shape index (κ1) is 19.5. The van der Waals surface area contributed by atoms with Gasteiger partial charge in [-0.1, -0.05) is 0 Å². The zero-order valence-corrected chi connectivity index (χ0v) is 16.4. The van der Waals surface area contributed by atoms with E-state index in [4.69, 9.17) is 4.74 Å². The second-order valence-corrected chi connectivity index (χ2v) is 7.22. The monoisotopic (exact) mass is 367 g/mol. The van der Waals surface area contributed by atoms with Gasteiger partial charge in [0.1, 0.15) is 0 Å². The molecule has 1 fully saturated rings. The van der Waals surface area contributed by atoms with Crippen LogP contribution in [0.5, 0.6) is 0 Å². The van der Waals surface area contributed by atoms with Gasteiger partial charge in [-0.3, -0.25) is 9.79 Å². The van der Waals surface area contributed by atoms with E-state index < -0.39 is 0 Å². The molecular weight excluding hydrogens is 338 g/mol. The number of esters is 1. The lowest BCUT2D eigenvalue weighted by Gasteiger charge is -2.29. The zero-order chi connectivity index (χ0) is 18.2. The van der Waals surface area contributed by atoms with Gasteiger partial charge in [-0.25, -0.2) is 4.98 Å². The molecule has 0 atom stereocenters. The highest BCUT2D eigenvalue weighted by atomic mass is 32.1. The van der Waals surface area contributed by atoms with Crippen LogP contribution in [0.15, 0.2) is 10.4 Å². The van der Waals surface area contributed by atoms with Gasteiger partial charge in [-0.2, -0.15) is 0 Å². The molecule has 0 amide bonds. The Kier molecular flexibility index (Phi) is 7.49. The van der Waals surface area contributed by atoms with Crippen LogP contribution in [-0.2, 0) is 16.1 Å². The number of guanidine groups is 1. The lowest BCUT2D eigenvalue weighted by Crippen LogP contribution is -2.45. The maximum absolute atomic E-state index is 11.8. The molecule has 1 saturated carbocycles. The normalized spacial score (nSPS) is 20.9. The molecule has 1 aliphatic carbocycles. The minimum Gasteiger partial charge on any atom is -0.466 e. The van der Waals surface area contributed by atoms with Crippen LogP contribution in [0.1, 0.15) is 38.3 Å². The molecule has 1 heterocycles. The second kappa shape index (κ2) is 9.60. The van der Waals surface area contributed by atoms with Crippen molar-refractivity contribution in [3.8, 4) is 0 Å². The summed E-state index contributed by atoms with van der Waals surface area (Å²) in [4.78, 5) is 22.7. The van der Waals surface area contributed by atoms with Crippen molar-refractivity contribution >= 4 is 28.4 Å². The van der Waals surface area contributed by atoms with Gasteiger partial charge in [0, 0.05) is 32.6 Å². The third kappa shape index (κ3) is 5.88. The number of thiazole rings is 1. The molecule has 0 radical (unpaired) electrons. The topological polar surface area (TPSA) is 78.8 Å². The predicted octanol–water partition coefficient (Wildman–Crippen LogP) is 2.00. The molecular formula is C17H29N5O2S. The summed E-state index contributed by atoms with van der Waals surface area (Å²) in [5.41, 5.74) is 1.00. The van der Waals surface area contributed by atoms with Gasteiger partial charge >= 0.3 is 5.97 Å². The molecule has 1 aromatic rings. The molecule has 0 spiro atoms. The summed E-state index contributed by atoms with van der Waals surface area (Å²) in [5.74, 6) is 0.773. The van der Waals surface area contributed by atoms with Gasteiger partial charge in [0.05, 0.1) is 24.8 Å². The van der Waals surface area contributed by atoms with Crippen LogP contribution in [0.2, 0.25) is 0 Å². The van der Waals surface area contributed by atoms with E-state index in [1.807, 2.05) is 25.9 Å². The third-order valence-corrected chi connectivity index (χ3v) is 5.33. The van der Waals surface area contributed by atoms with Crippen molar-refractivity contribution in [2.45, 2.75) is 45.2 Å². The molecule has 140 valence electrons. The quantitative estimate of drug-likeness (QED) is 0.455. The average Bonchev–Trinajstić information content (AvgIpc) is 3.08. The van der Waals surface area contributed by atoms with Gasteiger partial charge in [0.2, 0.25) is 0 Å². The SMILES string of the molecule is CCOC(=O)C1CCC(NC(=NC)NCc2csc(N(C)C)n2)CC1. The molecule has 1 aromatic heterocycles. The van der Waals surface area contributed by atoms with Crippen molar-refractivity contribution in [1.82, 2.24) is 15.6 Å². The Labute approximate surface area is 153 Å². The Morgan fingerprint density at radius 1 is 1.40 bits per heavy atom. The van der Waals surface area contributed by atoms with Gasteiger partial charge in [-0.15, -0.1) is 11.3 Å². The van der Waals surface area contributed by atoms with Crippen LogP contribution in [0.4, 0.5) is 5.13 Å². The Morgan fingerprint density at radius 3 is 2.68 bits per heavy atom. The molecule has 0 bridgehead atoms. The van der Waals surface area contributed by atoms with Crippen LogP contribution >= 0.6 is 11.3 Å². The number of hydrogen-bond acceptors (Lipinski definition) is 6. The minimum absolute atomic E-state index is 0.0486. The molecule has 2 N–H and O–H groups in total. The predicted molar refractivity (Wildman–Crippen MR) is 102 cm³/mol. The van der Waals surface area contributed by atoms with Crippen molar-refractivity contribution in [3.63, 3.8) is 0 Å². The van der Waals surface area contributed by atoms with E-state index in [9.17, 15) is 4.79 Å². The van der Waals surface area contributed by atoms with Crippen molar-refractivity contribution in [2.75, 3.05) is 32.6 Å². The Bertz CT molecular complexity index is 579. The van der Waals surface area contributed by atoms with Crippen LogP contribution in [-0.4, -0.2) is 50.7 Å². The number of rotatable bonds is 6. The molecule has 0 saturated heterocycles. The lowest BCUT2D eigenvalue weighted by atomic mass is 9.86. The summed E-state index contributed by atoms with van der Waals surface area (Å²) in [6.07, 6.45) is 3.63.